The van der Waals surface area contributed by atoms with E-state index in [9.17, 15) is 4.79 Å². The SMILES string of the molecule is CNCC(=O)NCC1(c2ccc(Br)cc2)CCOCC1. The van der Waals surface area contributed by atoms with Gasteiger partial charge in [0.1, 0.15) is 0 Å². The molecule has 20 heavy (non-hydrogen) atoms. The fourth-order valence-corrected chi connectivity index (χ4v) is 2.89. The highest BCUT2D eigenvalue weighted by Gasteiger charge is 2.34. The lowest BCUT2D eigenvalue weighted by Crippen LogP contribution is -2.46. The van der Waals surface area contributed by atoms with E-state index in [1.165, 1.54) is 5.56 Å². The van der Waals surface area contributed by atoms with Crippen molar-refractivity contribution in [2.24, 2.45) is 0 Å². The molecule has 1 aromatic rings. The Morgan fingerprint density at radius 1 is 1.30 bits per heavy atom. The molecule has 4 nitrogen and oxygen atoms in total. The van der Waals surface area contributed by atoms with Gasteiger partial charge in [-0.15, -0.1) is 0 Å². The first-order chi connectivity index (χ1) is 9.66. The lowest BCUT2D eigenvalue weighted by Gasteiger charge is -2.38. The Bertz CT molecular complexity index is 442. The lowest BCUT2D eigenvalue weighted by molar-refractivity contribution is -0.120. The Hall–Kier alpha value is -0.910. The van der Waals surface area contributed by atoms with E-state index in [0.29, 0.717) is 13.1 Å². The Morgan fingerprint density at radius 3 is 2.55 bits per heavy atom. The molecule has 1 aliphatic rings. The van der Waals surface area contributed by atoms with Crippen molar-refractivity contribution in [1.82, 2.24) is 10.6 Å². The topological polar surface area (TPSA) is 50.4 Å². The number of hydrogen-bond acceptors (Lipinski definition) is 3. The minimum Gasteiger partial charge on any atom is -0.381 e. The van der Waals surface area contributed by atoms with Crippen LogP contribution in [-0.4, -0.2) is 39.3 Å². The molecule has 5 heteroatoms. The minimum absolute atomic E-state index is 0.0116. The Morgan fingerprint density at radius 2 is 1.95 bits per heavy atom. The van der Waals surface area contributed by atoms with Crippen LogP contribution in [0.25, 0.3) is 0 Å². The second-order valence-electron chi connectivity index (χ2n) is 5.21. The van der Waals surface area contributed by atoms with Crippen molar-refractivity contribution in [2.45, 2.75) is 18.3 Å². The zero-order valence-electron chi connectivity index (χ0n) is 11.7. The summed E-state index contributed by atoms with van der Waals surface area (Å²) in [5.74, 6) is 0.0375. The molecule has 2 N–H and O–H groups in total. The average molecular weight is 341 g/mol. The zero-order valence-corrected chi connectivity index (χ0v) is 13.3. The summed E-state index contributed by atoms with van der Waals surface area (Å²) in [6, 6.07) is 8.39. The summed E-state index contributed by atoms with van der Waals surface area (Å²) < 4.78 is 6.56. The average Bonchev–Trinajstić information content (AvgIpc) is 2.47. The summed E-state index contributed by atoms with van der Waals surface area (Å²) in [5, 5.41) is 5.91. The molecule has 110 valence electrons. The van der Waals surface area contributed by atoms with Gasteiger partial charge in [0.25, 0.3) is 0 Å². The van der Waals surface area contributed by atoms with Crippen molar-refractivity contribution in [3.05, 3.63) is 34.3 Å². The third-order valence-corrected chi connectivity index (χ3v) is 4.40. The van der Waals surface area contributed by atoms with E-state index < -0.39 is 0 Å². The van der Waals surface area contributed by atoms with Crippen LogP contribution in [0.15, 0.2) is 28.7 Å². The van der Waals surface area contributed by atoms with Crippen molar-refractivity contribution in [2.75, 3.05) is 33.4 Å². The molecule has 1 aromatic carbocycles. The molecule has 0 unspecified atom stereocenters. The third-order valence-electron chi connectivity index (χ3n) is 3.87. The van der Waals surface area contributed by atoms with E-state index in [4.69, 9.17) is 4.74 Å². The van der Waals surface area contributed by atoms with Crippen LogP contribution in [-0.2, 0) is 14.9 Å². The molecular weight excluding hydrogens is 320 g/mol. The smallest absolute Gasteiger partial charge is 0.233 e. The highest BCUT2D eigenvalue weighted by atomic mass is 79.9. The van der Waals surface area contributed by atoms with Gasteiger partial charge in [-0.25, -0.2) is 0 Å². The number of benzene rings is 1. The van der Waals surface area contributed by atoms with Gasteiger partial charge in [-0.05, 0) is 37.6 Å². The first-order valence-electron chi connectivity index (χ1n) is 6.91. The van der Waals surface area contributed by atoms with Gasteiger partial charge in [-0.2, -0.15) is 0 Å². The van der Waals surface area contributed by atoms with E-state index in [1.54, 1.807) is 7.05 Å². The normalized spacial score (nSPS) is 17.7. The summed E-state index contributed by atoms with van der Waals surface area (Å²) >= 11 is 3.47. The van der Waals surface area contributed by atoms with Crippen LogP contribution in [0.3, 0.4) is 0 Å². The summed E-state index contributed by atoms with van der Waals surface area (Å²) in [4.78, 5) is 11.7. The Balaban J connectivity index is 2.12. The van der Waals surface area contributed by atoms with Crippen molar-refractivity contribution >= 4 is 21.8 Å². The van der Waals surface area contributed by atoms with Gasteiger partial charge < -0.3 is 15.4 Å². The van der Waals surface area contributed by atoms with Crippen LogP contribution >= 0.6 is 15.9 Å². The number of ether oxygens (including phenoxy) is 1. The van der Waals surface area contributed by atoms with Crippen molar-refractivity contribution in [1.29, 1.82) is 0 Å². The molecule has 0 saturated carbocycles. The van der Waals surface area contributed by atoms with Crippen LogP contribution in [0.5, 0.6) is 0 Å². The van der Waals surface area contributed by atoms with Crippen LogP contribution in [0.2, 0.25) is 0 Å². The number of halogens is 1. The number of carbonyl (C=O) groups excluding carboxylic acids is 1. The van der Waals surface area contributed by atoms with Crippen LogP contribution < -0.4 is 10.6 Å². The molecular formula is C15H21BrN2O2. The summed E-state index contributed by atoms with van der Waals surface area (Å²) in [7, 11) is 1.78. The summed E-state index contributed by atoms with van der Waals surface area (Å²) in [6.07, 6.45) is 1.88. The maximum absolute atomic E-state index is 11.7. The molecule has 0 spiro atoms. The van der Waals surface area contributed by atoms with Gasteiger partial charge in [0.15, 0.2) is 0 Å². The predicted molar refractivity (Wildman–Crippen MR) is 82.8 cm³/mol. The Kier molecular flexibility index (Phi) is 5.57. The maximum atomic E-state index is 11.7. The molecule has 0 bridgehead atoms. The van der Waals surface area contributed by atoms with Crippen LogP contribution in [0.4, 0.5) is 0 Å². The minimum atomic E-state index is -0.0116. The Labute approximate surface area is 128 Å². The van der Waals surface area contributed by atoms with Crippen LogP contribution in [0.1, 0.15) is 18.4 Å². The van der Waals surface area contributed by atoms with E-state index >= 15 is 0 Å². The van der Waals surface area contributed by atoms with Gasteiger partial charge in [0, 0.05) is 29.6 Å². The summed E-state index contributed by atoms with van der Waals surface area (Å²) in [5.41, 5.74) is 1.26. The van der Waals surface area contributed by atoms with Gasteiger partial charge in [-0.3, -0.25) is 4.79 Å². The van der Waals surface area contributed by atoms with Crippen LogP contribution in [0, 0.1) is 0 Å². The molecule has 1 heterocycles. The van der Waals surface area contributed by atoms with Gasteiger partial charge in [0.2, 0.25) is 5.91 Å². The van der Waals surface area contributed by atoms with E-state index in [2.05, 4.69) is 50.8 Å². The molecule has 1 aliphatic heterocycles. The number of hydrogen-bond donors (Lipinski definition) is 2. The standard InChI is InChI=1S/C15H21BrN2O2/c1-17-10-14(19)18-11-15(6-8-20-9-7-15)12-2-4-13(16)5-3-12/h2-5,17H,6-11H2,1H3,(H,18,19). The fourth-order valence-electron chi connectivity index (χ4n) is 2.62. The van der Waals surface area contributed by atoms with Gasteiger partial charge in [0.05, 0.1) is 6.54 Å². The molecule has 2 rings (SSSR count). The largest absolute Gasteiger partial charge is 0.381 e. The third kappa shape index (κ3) is 3.81. The highest BCUT2D eigenvalue weighted by Crippen LogP contribution is 2.34. The van der Waals surface area contributed by atoms with E-state index in [0.717, 1.165) is 30.5 Å². The number of likely N-dealkylation sites (N-methyl/N-ethyl adjacent to an activating group) is 1. The van der Waals surface area contributed by atoms with Gasteiger partial charge >= 0.3 is 0 Å². The monoisotopic (exact) mass is 340 g/mol. The second kappa shape index (κ2) is 7.20. The number of amides is 1. The zero-order chi connectivity index (χ0) is 14.4. The molecule has 1 amide bonds. The number of rotatable bonds is 5. The molecule has 1 saturated heterocycles. The van der Waals surface area contributed by atoms with E-state index in [1.807, 2.05) is 0 Å². The maximum Gasteiger partial charge on any atom is 0.233 e. The predicted octanol–water partition coefficient (Wildman–Crippen LogP) is 1.83. The first-order valence-corrected chi connectivity index (χ1v) is 7.71. The van der Waals surface area contributed by atoms with E-state index in [-0.39, 0.29) is 11.3 Å². The molecule has 1 fully saturated rings. The first kappa shape index (κ1) is 15.5. The summed E-state index contributed by atoms with van der Waals surface area (Å²) in [6.45, 7) is 2.52. The lowest BCUT2D eigenvalue weighted by atomic mass is 9.74. The highest BCUT2D eigenvalue weighted by molar-refractivity contribution is 9.10. The van der Waals surface area contributed by atoms with Crippen molar-refractivity contribution in [3.63, 3.8) is 0 Å². The quantitative estimate of drug-likeness (QED) is 0.859. The van der Waals surface area contributed by atoms with Gasteiger partial charge in [-0.1, -0.05) is 28.1 Å². The molecule has 0 radical (unpaired) electrons. The second-order valence-corrected chi connectivity index (χ2v) is 6.12. The molecule has 0 aromatic heterocycles. The number of carbonyl (C=O) groups is 1. The molecule has 0 atom stereocenters. The van der Waals surface area contributed by atoms with Crippen molar-refractivity contribution < 1.29 is 9.53 Å². The fraction of sp³-hybridized carbons (Fsp3) is 0.533. The van der Waals surface area contributed by atoms with Crippen molar-refractivity contribution in [3.8, 4) is 0 Å². The number of nitrogens with one attached hydrogen (secondary N) is 2. The molecule has 0 aliphatic carbocycles.